The highest BCUT2D eigenvalue weighted by Gasteiger charge is 2.31. The van der Waals surface area contributed by atoms with Crippen LogP contribution in [0.25, 0.3) is 16.9 Å². The number of nitrogens with zero attached hydrogens (tertiary/aromatic N) is 3. The monoisotopic (exact) mass is 623 g/mol. The second-order valence-corrected chi connectivity index (χ2v) is 11.6. The second kappa shape index (κ2) is 10.5. The number of morpholine rings is 1. The number of hydrogen-bond acceptors (Lipinski definition) is 6. The SMILES string of the molecule is Cc1ccn2c(C[C@@H]3CN(C(=O)OC(C)(C)C)CCO3)c(-c3c(F)cc(C4OCCO4)cc3I)nc2c1. The van der Waals surface area contributed by atoms with E-state index in [1.807, 2.05) is 56.5 Å². The van der Waals surface area contributed by atoms with Crippen LogP contribution >= 0.6 is 22.6 Å². The molecule has 3 aromatic rings. The summed E-state index contributed by atoms with van der Waals surface area (Å²) in [6, 6.07) is 7.32. The Morgan fingerprint density at radius 1 is 1.19 bits per heavy atom. The summed E-state index contributed by atoms with van der Waals surface area (Å²) in [4.78, 5) is 19.2. The van der Waals surface area contributed by atoms with Crippen LogP contribution in [-0.4, -0.2) is 65.0 Å². The lowest BCUT2D eigenvalue weighted by Crippen LogP contribution is -2.48. The molecule has 0 radical (unpaired) electrons. The van der Waals surface area contributed by atoms with E-state index in [9.17, 15) is 4.79 Å². The highest BCUT2D eigenvalue weighted by molar-refractivity contribution is 14.1. The summed E-state index contributed by atoms with van der Waals surface area (Å²) in [6.45, 7) is 9.76. The van der Waals surface area contributed by atoms with Crippen molar-refractivity contribution in [3.05, 3.63) is 56.7 Å². The predicted octanol–water partition coefficient (Wildman–Crippen LogP) is 5.28. The second-order valence-electron chi connectivity index (χ2n) is 10.4. The molecule has 10 heteroatoms. The first-order chi connectivity index (χ1) is 17.6. The number of carbonyl (C=O) groups excluding carboxylic acids is 1. The summed E-state index contributed by atoms with van der Waals surface area (Å²) in [5, 5.41) is 0. The fourth-order valence-corrected chi connectivity index (χ4v) is 5.52. The number of hydrogen-bond donors (Lipinski definition) is 0. The summed E-state index contributed by atoms with van der Waals surface area (Å²) < 4.78 is 41.1. The van der Waals surface area contributed by atoms with Gasteiger partial charge >= 0.3 is 6.09 Å². The number of imidazole rings is 1. The number of aryl methyl sites for hydroxylation is 1. The number of benzene rings is 1. The Bertz CT molecular complexity index is 1290. The smallest absolute Gasteiger partial charge is 0.410 e. The van der Waals surface area contributed by atoms with Crippen LogP contribution in [0.1, 0.15) is 43.9 Å². The molecule has 8 nitrogen and oxygen atoms in total. The Kier molecular flexibility index (Phi) is 7.45. The van der Waals surface area contributed by atoms with Gasteiger partial charge in [0.2, 0.25) is 0 Å². The van der Waals surface area contributed by atoms with E-state index in [0.29, 0.717) is 59.7 Å². The summed E-state index contributed by atoms with van der Waals surface area (Å²) >= 11 is 2.14. The molecule has 0 saturated carbocycles. The summed E-state index contributed by atoms with van der Waals surface area (Å²) in [6.07, 6.45) is 1.19. The van der Waals surface area contributed by atoms with Crippen LogP contribution < -0.4 is 0 Å². The van der Waals surface area contributed by atoms with Crippen molar-refractivity contribution >= 4 is 34.3 Å². The highest BCUT2D eigenvalue weighted by atomic mass is 127. The Balaban J connectivity index is 1.49. The van der Waals surface area contributed by atoms with Crippen molar-refractivity contribution in [3.63, 3.8) is 0 Å². The van der Waals surface area contributed by atoms with Gasteiger partial charge in [0.05, 0.1) is 49.4 Å². The third kappa shape index (κ3) is 5.76. The van der Waals surface area contributed by atoms with Crippen LogP contribution in [0.4, 0.5) is 9.18 Å². The molecule has 2 saturated heterocycles. The van der Waals surface area contributed by atoms with Gasteiger partial charge < -0.3 is 28.2 Å². The van der Waals surface area contributed by atoms with Crippen LogP contribution in [0.2, 0.25) is 0 Å². The third-order valence-electron chi connectivity index (χ3n) is 6.29. The van der Waals surface area contributed by atoms with E-state index in [4.69, 9.17) is 23.9 Å². The van der Waals surface area contributed by atoms with Gasteiger partial charge in [-0.15, -0.1) is 0 Å². The minimum Gasteiger partial charge on any atom is -0.444 e. The maximum atomic E-state index is 15.7. The van der Waals surface area contributed by atoms with Crippen molar-refractivity contribution in [1.29, 1.82) is 0 Å². The van der Waals surface area contributed by atoms with Gasteiger partial charge in [0.25, 0.3) is 0 Å². The van der Waals surface area contributed by atoms with Crippen LogP contribution in [-0.2, 0) is 25.4 Å². The van der Waals surface area contributed by atoms with E-state index < -0.39 is 11.9 Å². The van der Waals surface area contributed by atoms with Crippen molar-refractivity contribution in [2.45, 2.75) is 52.1 Å². The molecule has 2 fully saturated rings. The van der Waals surface area contributed by atoms with E-state index in [1.54, 1.807) is 4.90 Å². The zero-order valence-electron chi connectivity index (χ0n) is 21.4. The number of carbonyl (C=O) groups is 1. The van der Waals surface area contributed by atoms with Crippen LogP contribution in [0.3, 0.4) is 0 Å². The van der Waals surface area contributed by atoms with Crippen molar-refractivity contribution in [3.8, 4) is 11.3 Å². The number of halogens is 2. The lowest BCUT2D eigenvalue weighted by molar-refractivity contribution is -0.0443. The van der Waals surface area contributed by atoms with Gasteiger partial charge in [0.15, 0.2) is 6.29 Å². The zero-order chi connectivity index (χ0) is 26.3. The standard InChI is InChI=1S/C27H31FIN3O5/c1-16-5-6-32-21(14-18-15-31(7-8-34-18)26(33)37-27(2,3)4)24(30-22(32)11-16)23-19(28)12-17(13-20(23)29)25-35-9-10-36-25/h5-6,11-13,18,25H,7-10,14-15H2,1-4H3/t18-/m1/s1. The maximum absolute atomic E-state index is 15.7. The topological polar surface area (TPSA) is 74.5 Å². The van der Waals surface area contributed by atoms with Crippen molar-refractivity contribution in [2.24, 2.45) is 0 Å². The normalized spacial score (nSPS) is 19.1. The maximum Gasteiger partial charge on any atom is 0.410 e. The lowest BCUT2D eigenvalue weighted by Gasteiger charge is -2.34. The predicted molar refractivity (Wildman–Crippen MR) is 144 cm³/mol. The first-order valence-corrected chi connectivity index (χ1v) is 13.5. The molecule has 0 unspecified atom stereocenters. The van der Waals surface area contributed by atoms with E-state index in [0.717, 1.165) is 16.9 Å². The minimum absolute atomic E-state index is 0.290. The number of pyridine rings is 1. The lowest BCUT2D eigenvalue weighted by atomic mass is 10.0. The van der Waals surface area contributed by atoms with Gasteiger partial charge in [-0.3, -0.25) is 0 Å². The number of aromatic nitrogens is 2. The molecular weight excluding hydrogens is 592 g/mol. The van der Waals surface area contributed by atoms with Crippen molar-refractivity contribution in [2.75, 3.05) is 32.9 Å². The van der Waals surface area contributed by atoms with E-state index in [2.05, 4.69) is 22.6 Å². The van der Waals surface area contributed by atoms with Crippen LogP contribution in [0.5, 0.6) is 0 Å². The quantitative estimate of drug-likeness (QED) is 0.369. The fourth-order valence-electron chi connectivity index (χ4n) is 4.65. The Morgan fingerprint density at radius 2 is 1.95 bits per heavy atom. The highest BCUT2D eigenvalue weighted by Crippen LogP contribution is 2.36. The zero-order valence-corrected chi connectivity index (χ0v) is 23.6. The van der Waals surface area contributed by atoms with Crippen LogP contribution in [0, 0.1) is 16.3 Å². The minimum atomic E-state index is -0.577. The van der Waals surface area contributed by atoms with Crippen LogP contribution in [0.15, 0.2) is 30.5 Å². The summed E-state index contributed by atoms with van der Waals surface area (Å²) in [5.41, 5.74) is 3.67. The molecular formula is C27H31FIN3O5. The largest absolute Gasteiger partial charge is 0.444 e. The van der Waals surface area contributed by atoms with Gasteiger partial charge in [0.1, 0.15) is 17.1 Å². The van der Waals surface area contributed by atoms with E-state index >= 15 is 4.39 Å². The first kappa shape index (κ1) is 26.3. The molecule has 2 aliphatic rings. The molecule has 5 rings (SSSR count). The van der Waals surface area contributed by atoms with Gasteiger partial charge in [-0.05, 0) is 80.1 Å². The van der Waals surface area contributed by atoms with Gasteiger partial charge in [-0.25, -0.2) is 14.2 Å². The molecule has 198 valence electrons. The Hall–Kier alpha value is -2.28. The van der Waals surface area contributed by atoms with Gasteiger partial charge in [-0.2, -0.15) is 0 Å². The molecule has 1 amide bonds. The summed E-state index contributed by atoms with van der Waals surface area (Å²) in [7, 11) is 0. The average molecular weight is 623 g/mol. The number of amides is 1. The Morgan fingerprint density at radius 3 is 2.65 bits per heavy atom. The number of fused-ring (bicyclic) bond motifs is 1. The molecule has 4 heterocycles. The first-order valence-electron chi connectivity index (χ1n) is 12.4. The molecule has 2 aromatic heterocycles. The molecule has 0 bridgehead atoms. The number of rotatable bonds is 4. The van der Waals surface area contributed by atoms with Gasteiger partial charge in [-0.1, -0.05) is 0 Å². The Labute approximate surface area is 229 Å². The molecule has 2 aliphatic heterocycles. The number of ether oxygens (including phenoxy) is 4. The third-order valence-corrected chi connectivity index (χ3v) is 7.14. The molecule has 0 N–H and O–H groups in total. The molecule has 1 atom stereocenters. The molecule has 1 aromatic carbocycles. The van der Waals surface area contributed by atoms with E-state index in [-0.39, 0.29) is 18.0 Å². The molecule has 37 heavy (non-hydrogen) atoms. The molecule has 0 aliphatic carbocycles. The van der Waals surface area contributed by atoms with Crippen molar-refractivity contribution in [1.82, 2.24) is 14.3 Å². The molecule has 0 spiro atoms. The average Bonchev–Trinajstić information content (AvgIpc) is 3.47. The van der Waals surface area contributed by atoms with Gasteiger partial charge in [0, 0.05) is 28.3 Å². The van der Waals surface area contributed by atoms with E-state index in [1.165, 1.54) is 6.07 Å². The summed E-state index contributed by atoms with van der Waals surface area (Å²) in [5.74, 6) is -0.387. The fraction of sp³-hybridized carbons (Fsp3) is 0.481. The van der Waals surface area contributed by atoms with Crippen molar-refractivity contribution < 1.29 is 28.1 Å².